The van der Waals surface area contributed by atoms with Crippen LogP contribution in [0, 0.1) is 11.6 Å². The van der Waals surface area contributed by atoms with Crippen LogP contribution in [-0.2, 0) is 4.74 Å². The molecule has 2 aromatic rings. The SMILES string of the molecule is CCOC(=O)c1cn2c3c(c(F)c(F)c(N)c3c1=O)OCC2CF. The molecular weight excluding hydrogens is 329 g/mol. The van der Waals surface area contributed by atoms with Gasteiger partial charge in [-0.15, -0.1) is 0 Å². The first kappa shape index (κ1) is 16.2. The van der Waals surface area contributed by atoms with Gasteiger partial charge in [0.2, 0.25) is 11.2 Å². The number of hydrogen-bond donors (Lipinski definition) is 1. The number of carbonyl (C=O) groups is 1. The van der Waals surface area contributed by atoms with E-state index in [-0.39, 0.29) is 18.7 Å². The average Bonchev–Trinajstić information content (AvgIpc) is 2.57. The minimum atomic E-state index is -1.46. The maximum Gasteiger partial charge on any atom is 0.343 e. The lowest BCUT2D eigenvalue weighted by atomic mass is 10.1. The molecule has 6 nitrogen and oxygen atoms in total. The molecule has 0 spiro atoms. The summed E-state index contributed by atoms with van der Waals surface area (Å²) in [6.45, 7) is 0.355. The quantitative estimate of drug-likeness (QED) is 0.681. The Kier molecular flexibility index (Phi) is 3.86. The number of nitrogens with zero attached hydrogens (tertiary/aromatic N) is 1. The van der Waals surface area contributed by atoms with Crippen molar-refractivity contribution >= 4 is 22.6 Å². The first-order chi connectivity index (χ1) is 11.4. The van der Waals surface area contributed by atoms with Crippen LogP contribution in [0.1, 0.15) is 23.3 Å². The smallest absolute Gasteiger partial charge is 0.343 e. The zero-order valence-electron chi connectivity index (χ0n) is 12.6. The van der Waals surface area contributed by atoms with Gasteiger partial charge in [-0.25, -0.2) is 13.6 Å². The molecule has 0 saturated heterocycles. The molecule has 0 amide bonds. The fourth-order valence-electron chi connectivity index (χ4n) is 2.70. The Morgan fingerprint density at radius 3 is 2.79 bits per heavy atom. The lowest BCUT2D eigenvalue weighted by Crippen LogP contribution is -2.30. The van der Waals surface area contributed by atoms with Gasteiger partial charge < -0.3 is 19.8 Å². The third-order valence-corrected chi connectivity index (χ3v) is 3.83. The number of alkyl halides is 1. The van der Waals surface area contributed by atoms with Gasteiger partial charge in [0.25, 0.3) is 0 Å². The van der Waals surface area contributed by atoms with Crippen molar-refractivity contribution in [2.45, 2.75) is 13.0 Å². The second-order valence-electron chi connectivity index (χ2n) is 5.21. The Morgan fingerprint density at radius 1 is 1.46 bits per heavy atom. The summed E-state index contributed by atoms with van der Waals surface area (Å²) in [5.74, 6) is -4.31. The summed E-state index contributed by atoms with van der Waals surface area (Å²) in [7, 11) is 0. The van der Waals surface area contributed by atoms with Gasteiger partial charge in [-0.3, -0.25) is 4.79 Å². The lowest BCUT2D eigenvalue weighted by molar-refractivity contribution is 0.0523. The van der Waals surface area contributed by atoms with E-state index in [1.807, 2.05) is 0 Å². The number of halogens is 3. The number of ether oxygens (including phenoxy) is 2. The predicted octanol–water partition coefficient (Wildman–Crippen LogP) is 1.94. The van der Waals surface area contributed by atoms with E-state index in [9.17, 15) is 22.8 Å². The largest absolute Gasteiger partial charge is 0.486 e. The van der Waals surface area contributed by atoms with Crippen LogP contribution < -0.4 is 15.9 Å². The maximum absolute atomic E-state index is 14.1. The Morgan fingerprint density at radius 2 is 2.17 bits per heavy atom. The summed E-state index contributed by atoms with van der Waals surface area (Å²) in [6.07, 6.45) is 1.07. The van der Waals surface area contributed by atoms with E-state index in [0.29, 0.717) is 0 Å². The molecule has 1 aromatic heterocycles. The van der Waals surface area contributed by atoms with Gasteiger partial charge in [0.1, 0.15) is 24.4 Å². The topological polar surface area (TPSA) is 83.5 Å². The summed E-state index contributed by atoms with van der Waals surface area (Å²) >= 11 is 0. The van der Waals surface area contributed by atoms with Gasteiger partial charge in [-0.2, -0.15) is 4.39 Å². The molecular formula is C15H13F3N2O4. The average molecular weight is 342 g/mol. The standard InChI is InChI=1S/C15H13F3N2O4/c1-2-23-15(22)7-4-20-6(3-16)5-24-14-10(18)9(17)11(19)8(12(14)20)13(7)21/h4,6H,2-3,5,19H2,1H3. The highest BCUT2D eigenvalue weighted by Gasteiger charge is 2.32. The number of benzene rings is 1. The fourth-order valence-corrected chi connectivity index (χ4v) is 2.70. The number of pyridine rings is 1. The summed E-state index contributed by atoms with van der Waals surface area (Å²) in [4.78, 5) is 24.5. The van der Waals surface area contributed by atoms with Crippen LogP contribution in [0.5, 0.6) is 5.75 Å². The molecule has 0 fully saturated rings. The van der Waals surface area contributed by atoms with Crippen molar-refractivity contribution in [1.82, 2.24) is 4.57 Å². The molecule has 0 bridgehead atoms. The molecule has 24 heavy (non-hydrogen) atoms. The lowest BCUT2D eigenvalue weighted by Gasteiger charge is -2.28. The molecule has 1 aliphatic heterocycles. The normalized spacial score (nSPS) is 16.1. The second kappa shape index (κ2) is 5.73. The molecule has 0 saturated carbocycles. The van der Waals surface area contributed by atoms with Gasteiger partial charge in [0, 0.05) is 6.20 Å². The van der Waals surface area contributed by atoms with Crippen LogP contribution in [0.3, 0.4) is 0 Å². The predicted molar refractivity (Wildman–Crippen MR) is 79.0 cm³/mol. The number of nitrogens with two attached hydrogens (primary N) is 1. The Labute approximate surface area is 133 Å². The number of hydrogen-bond acceptors (Lipinski definition) is 5. The van der Waals surface area contributed by atoms with Crippen molar-refractivity contribution in [3.8, 4) is 5.75 Å². The van der Waals surface area contributed by atoms with Crippen LogP contribution in [0.15, 0.2) is 11.0 Å². The van der Waals surface area contributed by atoms with Crippen LogP contribution in [-0.4, -0.2) is 30.4 Å². The van der Waals surface area contributed by atoms with Gasteiger partial charge in [-0.05, 0) is 6.92 Å². The molecule has 0 radical (unpaired) electrons. The van der Waals surface area contributed by atoms with Crippen molar-refractivity contribution in [3.05, 3.63) is 33.6 Å². The highest BCUT2D eigenvalue weighted by molar-refractivity contribution is 6.00. The van der Waals surface area contributed by atoms with E-state index in [2.05, 4.69) is 0 Å². The Bertz CT molecular complexity index is 910. The van der Waals surface area contributed by atoms with Crippen molar-refractivity contribution in [2.24, 2.45) is 0 Å². The molecule has 1 aliphatic rings. The van der Waals surface area contributed by atoms with Gasteiger partial charge in [0.05, 0.1) is 23.7 Å². The Balaban J connectivity index is 2.48. The molecule has 128 valence electrons. The minimum Gasteiger partial charge on any atom is -0.486 e. The van der Waals surface area contributed by atoms with E-state index in [1.54, 1.807) is 6.92 Å². The van der Waals surface area contributed by atoms with Crippen LogP contribution in [0.2, 0.25) is 0 Å². The molecule has 2 N–H and O–H groups in total. The van der Waals surface area contributed by atoms with Crippen molar-refractivity contribution in [1.29, 1.82) is 0 Å². The molecule has 1 atom stereocenters. The second-order valence-corrected chi connectivity index (χ2v) is 5.21. The molecule has 3 rings (SSSR count). The third kappa shape index (κ3) is 2.11. The zero-order valence-corrected chi connectivity index (χ0v) is 12.6. The highest BCUT2D eigenvalue weighted by atomic mass is 19.2. The summed E-state index contributed by atoms with van der Waals surface area (Å²) < 4.78 is 52.4. The molecule has 1 unspecified atom stereocenters. The third-order valence-electron chi connectivity index (χ3n) is 3.83. The number of carbonyl (C=O) groups excluding carboxylic acids is 1. The number of nitrogen functional groups attached to an aromatic ring is 1. The zero-order chi connectivity index (χ0) is 17.6. The molecule has 9 heteroatoms. The van der Waals surface area contributed by atoms with Gasteiger partial charge in [-0.1, -0.05) is 0 Å². The molecule has 1 aromatic carbocycles. The van der Waals surface area contributed by atoms with Gasteiger partial charge >= 0.3 is 5.97 Å². The fraction of sp³-hybridized carbons (Fsp3) is 0.333. The van der Waals surface area contributed by atoms with Crippen LogP contribution in [0.4, 0.5) is 18.9 Å². The number of rotatable bonds is 3. The summed E-state index contributed by atoms with van der Waals surface area (Å²) in [5.41, 5.74) is 3.22. The van der Waals surface area contributed by atoms with E-state index in [0.717, 1.165) is 6.20 Å². The van der Waals surface area contributed by atoms with Crippen molar-refractivity contribution in [2.75, 3.05) is 25.6 Å². The van der Waals surface area contributed by atoms with E-state index in [4.69, 9.17) is 15.2 Å². The first-order valence-electron chi connectivity index (χ1n) is 7.13. The Hall–Kier alpha value is -2.71. The van der Waals surface area contributed by atoms with E-state index >= 15 is 0 Å². The van der Waals surface area contributed by atoms with E-state index in [1.165, 1.54) is 4.57 Å². The van der Waals surface area contributed by atoms with Crippen molar-refractivity contribution < 1.29 is 27.4 Å². The van der Waals surface area contributed by atoms with Gasteiger partial charge in [0.15, 0.2) is 11.6 Å². The number of anilines is 1. The van der Waals surface area contributed by atoms with E-state index < -0.39 is 58.1 Å². The number of esters is 1. The maximum atomic E-state index is 14.1. The first-order valence-corrected chi connectivity index (χ1v) is 7.13. The monoisotopic (exact) mass is 342 g/mol. The summed E-state index contributed by atoms with van der Waals surface area (Å²) in [5, 5.41) is -0.437. The van der Waals surface area contributed by atoms with Crippen molar-refractivity contribution in [3.63, 3.8) is 0 Å². The van der Waals surface area contributed by atoms with Crippen LogP contribution >= 0.6 is 0 Å². The number of aromatic nitrogens is 1. The highest BCUT2D eigenvalue weighted by Crippen LogP contribution is 2.38. The molecule has 2 heterocycles. The summed E-state index contributed by atoms with van der Waals surface area (Å²) in [6, 6.07) is -0.918. The van der Waals surface area contributed by atoms with Crippen LogP contribution in [0.25, 0.3) is 10.9 Å². The minimum absolute atomic E-state index is 0.00444. The molecule has 0 aliphatic carbocycles.